The van der Waals surface area contributed by atoms with Gasteiger partial charge < -0.3 is 5.11 Å². The van der Waals surface area contributed by atoms with Crippen LogP contribution in [0.5, 0.6) is 0 Å². The van der Waals surface area contributed by atoms with Crippen molar-refractivity contribution in [1.29, 1.82) is 0 Å². The van der Waals surface area contributed by atoms with Crippen LogP contribution in [0.15, 0.2) is 23.3 Å². The molecule has 2 aliphatic carbocycles. The zero-order valence-electron chi connectivity index (χ0n) is 12.2. The monoisotopic (exact) mass is 248 g/mol. The fraction of sp³-hybridized carbons (Fsp3) is 0.765. The molecule has 0 heterocycles. The molecule has 1 fully saturated rings. The summed E-state index contributed by atoms with van der Waals surface area (Å²) in [5.41, 5.74) is 2.50. The number of hydrogen-bond donors (Lipinski definition) is 1. The summed E-state index contributed by atoms with van der Waals surface area (Å²) in [6.07, 6.45) is 12.7. The van der Waals surface area contributed by atoms with Crippen LogP contribution in [0.3, 0.4) is 0 Å². The first kappa shape index (κ1) is 13.9. The second kappa shape index (κ2) is 5.61. The molecule has 2 rings (SSSR count). The van der Waals surface area contributed by atoms with E-state index < -0.39 is 0 Å². The molecular formula is C17H28O. The smallest absolute Gasteiger partial charge is 0.0718 e. The van der Waals surface area contributed by atoms with Gasteiger partial charge in [-0.1, -0.05) is 43.1 Å². The predicted octanol–water partition coefficient (Wildman–Crippen LogP) is 4.62. The van der Waals surface area contributed by atoms with E-state index in [1.807, 2.05) is 0 Å². The van der Waals surface area contributed by atoms with Crippen molar-refractivity contribution in [1.82, 2.24) is 0 Å². The lowest BCUT2D eigenvalue weighted by Crippen LogP contribution is -2.46. The Kier molecular flexibility index (Phi) is 4.32. The minimum absolute atomic E-state index is 0.382. The van der Waals surface area contributed by atoms with Crippen molar-refractivity contribution in [2.45, 2.75) is 71.3 Å². The summed E-state index contributed by atoms with van der Waals surface area (Å²) in [7, 11) is 0. The van der Waals surface area contributed by atoms with E-state index in [0.717, 1.165) is 25.7 Å². The molecule has 1 unspecified atom stereocenters. The van der Waals surface area contributed by atoms with Crippen LogP contribution < -0.4 is 0 Å². The van der Waals surface area contributed by atoms with Crippen molar-refractivity contribution in [2.24, 2.45) is 11.8 Å². The molecule has 3 atom stereocenters. The van der Waals surface area contributed by atoms with E-state index in [-0.39, 0.29) is 5.60 Å². The van der Waals surface area contributed by atoms with Crippen LogP contribution in [0.1, 0.15) is 65.7 Å². The molecule has 0 aromatic carbocycles. The average molecular weight is 248 g/mol. The van der Waals surface area contributed by atoms with Gasteiger partial charge in [0.2, 0.25) is 0 Å². The van der Waals surface area contributed by atoms with Crippen LogP contribution in [0, 0.1) is 11.8 Å². The summed E-state index contributed by atoms with van der Waals surface area (Å²) in [6.45, 7) is 6.60. The van der Waals surface area contributed by atoms with E-state index in [0.29, 0.717) is 11.8 Å². The molecule has 0 spiro atoms. The highest BCUT2D eigenvalue weighted by atomic mass is 16.3. The molecule has 1 saturated carbocycles. The molecule has 0 saturated heterocycles. The van der Waals surface area contributed by atoms with E-state index in [1.54, 1.807) is 0 Å². The minimum atomic E-state index is -0.382. The van der Waals surface area contributed by atoms with Crippen molar-refractivity contribution < 1.29 is 5.11 Å². The van der Waals surface area contributed by atoms with Gasteiger partial charge in [-0.25, -0.2) is 0 Å². The van der Waals surface area contributed by atoms with Gasteiger partial charge >= 0.3 is 0 Å². The largest absolute Gasteiger partial charge is 0.389 e. The maximum Gasteiger partial charge on any atom is 0.0718 e. The van der Waals surface area contributed by atoms with E-state index in [9.17, 15) is 5.11 Å². The summed E-state index contributed by atoms with van der Waals surface area (Å²) < 4.78 is 0. The maximum atomic E-state index is 10.9. The molecule has 1 nitrogen and oxygen atoms in total. The van der Waals surface area contributed by atoms with Gasteiger partial charge in [0.25, 0.3) is 0 Å². The van der Waals surface area contributed by atoms with Crippen LogP contribution in [0.25, 0.3) is 0 Å². The Labute approximate surface area is 112 Å². The molecule has 0 aromatic rings. The van der Waals surface area contributed by atoms with Crippen molar-refractivity contribution in [3.05, 3.63) is 23.3 Å². The number of aliphatic hydroxyl groups is 1. The third-order valence-electron chi connectivity index (χ3n) is 4.75. The van der Waals surface area contributed by atoms with Gasteiger partial charge in [-0.3, -0.25) is 0 Å². The normalized spacial score (nSPS) is 35.7. The number of rotatable bonds is 3. The van der Waals surface area contributed by atoms with Crippen molar-refractivity contribution >= 4 is 0 Å². The molecule has 18 heavy (non-hydrogen) atoms. The van der Waals surface area contributed by atoms with Crippen LogP contribution in [-0.4, -0.2) is 10.7 Å². The van der Waals surface area contributed by atoms with Gasteiger partial charge in [-0.05, 0) is 57.8 Å². The lowest BCUT2D eigenvalue weighted by atomic mass is 9.63. The van der Waals surface area contributed by atoms with Crippen molar-refractivity contribution in [2.75, 3.05) is 0 Å². The summed E-state index contributed by atoms with van der Waals surface area (Å²) in [5, 5.41) is 10.9. The van der Waals surface area contributed by atoms with Crippen LogP contribution in [0.4, 0.5) is 0 Å². The standard InChI is InChI=1S/C17H28O/c1-13(2)7-6-8-15-11-14(3)16-9-4-5-10-17(16,18)12-15/h7,11,14,16,18H,4-6,8-10,12H2,1-3H3/t14?,16-,17-/m1/s1. The Morgan fingerprint density at radius 3 is 2.94 bits per heavy atom. The number of hydrogen-bond acceptors (Lipinski definition) is 1. The molecule has 0 bridgehead atoms. The highest BCUT2D eigenvalue weighted by Gasteiger charge is 2.43. The fourth-order valence-corrected chi connectivity index (χ4v) is 3.88. The zero-order chi connectivity index (χ0) is 13.2. The Hall–Kier alpha value is -0.560. The molecule has 0 aliphatic heterocycles. The fourth-order valence-electron chi connectivity index (χ4n) is 3.88. The molecule has 0 radical (unpaired) electrons. The van der Waals surface area contributed by atoms with E-state index in [1.165, 1.54) is 30.4 Å². The molecule has 1 N–H and O–H groups in total. The molecule has 0 aromatic heterocycles. The quantitative estimate of drug-likeness (QED) is 0.722. The van der Waals surface area contributed by atoms with Gasteiger partial charge in [0.1, 0.15) is 0 Å². The molecule has 102 valence electrons. The van der Waals surface area contributed by atoms with Crippen LogP contribution >= 0.6 is 0 Å². The summed E-state index contributed by atoms with van der Waals surface area (Å²) >= 11 is 0. The SMILES string of the molecule is CC(C)=CCCC1=CC(C)[C@H]2CCCC[C@@]2(O)C1. The predicted molar refractivity (Wildman–Crippen MR) is 77.4 cm³/mol. The maximum absolute atomic E-state index is 10.9. The highest BCUT2D eigenvalue weighted by Crippen LogP contribution is 2.46. The Morgan fingerprint density at radius 1 is 1.44 bits per heavy atom. The second-order valence-electron chi connectivity index (χ2n) is 6.64. The second-order valence-corrected chi connectivity index (χ2v) is 6.64. The summed E-state index contributed by atoms with van der Waals surface area (Å²) in [5.74, 6) is 1.07. The third-order valence-corrected chi connectivity index (χ3v) is 4.75. The topological polar surface area (TPSA) is 20.2 Å². The Morgan fingerprint density at radius 2 is 2.22 bits per heavy atom. The Balaban J connectivity index is 2.03. The number of allylic oxidation sites excluding steroid dienone is 3. The summed E-state index contributed by atoms with van der Waals surface area (Å²) in [4.78, 5) is 0. The molecule has 2 aliphatic rings. The Bertz CT molecular complexity index is 349. The molecular weight excluding hydrogens is 220 g/mol. The zero-order valence-corrected chi connectivity index (χ0v) is 12.2. The first-order chi connectivity index (χ1) is 8.51. The van der Waals surface area contributed by atoms with E-state index in [4.69, 9.17) is 0 Å². The number of fused-ring (bicyclic) bond motifs is 1. The van der Waals surface area contributed by atoms with Crippen LogP contribution in [-0.2, 0) is 0 Å². The first-order valence-corrected chi connectivity index (χ1v) is 7.56. The lowest BCUT2D eigenvalue weighted by molar-refractivity contribution is -0.0677. The summed E-state index contributed by atoms with van der Waals surface area (Å²) in [6, 6.07) is 0. The molecule has 1 heteroatoms. The van der Waals surface area contributed by atoms with Crippen molar-refractivity contribution in [3.8, 4) is 0 Å². The van der Waals surface area contributed by atoms with Gasteiger partial charge in [0.15, 0.2) is 0 Å². The highest BCUT2D eigenvalue weighted by molar-refractivity contribution is 5.18. The minimum Gasteiger partial charge on any atom is -0.389 e. The third kappa shape index (κ3) is 3.06. The van der Waals surface area contributed by atoms with Crippen LogP contribution in [0.2, 0.25) is 0 Å². The van der Waals surface area contributed by atoms with Gasteiger partial charge in [0.05, 0.1) is 5.60 Å². The van der Waals surface area contributed by atoms with Crippen molar-refractivity contribution in [3.63, 3.8) is 0 Å². The van der Waals surface area contributed by atoms with E-state index >= 15 is 0 Å². The lowest BCUT2D eigenvalue weighted by Gasteiger charge is -2.46. The molecule has 0 amide bonds. The van der Waals surface area contributed by atoms with Gasteiger partial charge in [-0.15, -0.1) is 0 Å². The van der Waals surface area contributed by atoms with E-state index in [2.05, 4.69) is 32.9 Å². The van der Waals surface area contributed by atoms with Gasteiger partial charge in [0, 0.05) is 0 Å². The average Bonchev–Trinajstić information content (AvgIpc) is 2.27. The van der Waals surface area contributed by atoms with Gasteiger partial charge in [-0.2, -0.15) is 0 Å². The first-order valence-electron chi connectivity index (χ1n) is 7.56.